The summed E-state index contributed by atoms with van der Waals surface area (Å²) in [6.45, 7) is 3.44. The molecule has 20 heavy (non-hydrogen) atoms. The predicted octanol–water partition coefficient (Wildman–Crippen LogP) is 2.69. The molecule has 5 nitrogen and oxygen atoms in total. The Bertz CT molecular complexity index is 656. The molecule has 110 valence electrons. The number of hydrogen-bond acceptors (Lipinski definition) is 4. The van der Waals surface area contributed by atoms with Crippen molar-refractivity contribution in [3.05, 3.63) is 50.5 Å². The molecule has 0 bridgehead atoms. The molecule has 0 saturated heterocycles. The third-order valence-corrected chi connectivity index (χ3v) is 3.54. The first-order chi connectivity index (χ1) is 8.91. The molecule has 2 atom stereocenters. The summed E-state index contributed by atoms with van der Waals surface area (Å²) in [6.07, 6.45) is 0. The standard InChI is InChI=1S/C12H13ClFN3O2.ClH/c1-5-7(13)3-4-8(14)9(5)6(2)10(15)11-16-17-12(18)19-11;/h3-4,6,10H,15H2,1-2H3,(H,17,18);1H. The van der Waals surface area contributed by atoms with Crippen LogP contribution in [0.5, 0.6) is 0 Å². The van der Waals surface area contributed by atoms with E-state index in [2.05, 4.69) is 10.2 Å². The molecule has 2 unspecified atom stereocenters. The maximum absolute atomic E-state index is 13.9. The molecule has 3 N–H and O–H groups in total. The molecule has 0 aliphatic heterocycles. The number of halogens is 3. The van der Waals surface area contributed by atoms with Gasteiger partial charge in [0.2, 0.25) is 5.89 Å². The van der Waals surface area contributed by atoms with Crippen LogP contribution in [0.25, 0.3) is 0 Å². The smallest absolute Gasteiger partial charge is 0.391 e. The lowest BCUT2D eigenvalue weighted by molar-refractivity contribution is 0.396. The van der Waals surface area contributed by atoms with Gasteiger partial charge in [-0.2, -0.15) is 0 Å². The molecule has 8 heteroatoms. The fraction of sp³-hybridized carbons (Fsp3) is 0.333. The van der Waals surface area contributed by atoms with E-state index in [1.807, 2.05) is 0 Å². The highest BCUT2D eigenvalue weighted by Gasteiger charge is 2.26. The van der Waals surface area contributed by atoms with Gasteiger partial charge in [0.15, 0.2) is 0 Å². The Balaban J connectivity index is 0.00000200. The second-order valence-corrected chi connectivity index (χ2v) is 4.74. The van der Waals surface area contributed by atoms with Crippen LogP contribution in [0.15, 0.2) is 21.3 Å². The van der Waals surface area contributed by atoms with Crippen LogP contribution in [-0.2, 0) is 0 Å². The van der Waals surface area contributed by atoms with Crippen LogP contribution in [0.4, 0.5) is 4.39 Å². The number of hydrogen-bond donors (Lipinski definition) is 2. The third kappa shape index (κ3) is 3.03. The molecular weight excluding hydrogens is 308 g/mol. The SMILES string of the molecule is Cc1c(Cl)ccc(F)c1C(C)C(N)c1n[nH]c(=O)o1.Cl. The van der Waals surface area contributed by atoms with E-state index in [1.165, 1.54) is 12.1 Å². The van der Waals surface area contributed by atoms with Crippen LogP contribution in [0.1, 0.15) is 35.9 Å². The Morgan fingerprint density at radius 1 is 1.50 bits per heavy atom. The van der Waals surface area contributed by atoms with Gasteiger partial charge in [0.1, 0.15) is 5.82 Å². The van der Waals surface area contributed by atoms with Crippen molar-refractivity contribution in [2.24, 2.45) is 5.73 Å². The number of H-pyrrole nitrogens is 1. The summed E-state index contributed by atoms with van der Waals surface area (Å²) in [5.41, 5.74) is 6.95. The summed E-state index contributed by atoms with van der Waals surface area (Å²) in [6, 6.07) is 2.03. The summed E-state index contributed by atoms with van der Waals surface area (Å²) in [7, 11) is 0. The lowest BCUT2D eigenvalue weighted by Gasteiger charge is -2.20. The van der Waals surface area contributed by atoms with Crippen molar-refractivity contribution in [1.29, 1.82) is 0 Å². The van der Waals surface area contributed by atoms with Gasteiger partial charge in [0.25, 0.3) is 0 Å². The molecule has 0 fully saturated rings. The molecule has 0 aliphatic carbocycles. The van der Waals surface area contributed by atoms with Crippen LogP contribution in [0, 0.1) is 12.7 Å². The summed E-state index contributed by atoms with van der Waals surface area (Å²) < 4.78 is 18.7. The van der Waals surface area contributed by atoms with E-state index in [-0.39, 0.29) is 18.3 Å². The fourth-order valence-corrected chi connectivity index (χ4v) is 2.17. The van der Waals surface area contributed by atoms with Gasteiger partial charge >= 0.3 is 5.76 Å². The second-order valence-electron chi connectivity index (χ2n) is 4.33. The van der Waals surface area contributed by atoms with Crippen molar-refractivity contribution in [1.82, 2.24) is 10.2 Å². The lowest BCUT2D eigenvalue weighted by atomic mass is 9.90. The summed E-state index contributed by atoms with van der Waals surface area (Å²) in [5.74, 6) is -1.50. The van der Waals surface area contributed by atoms with Gasteiger partial charge in [0.05, 0.1) is 6.04 Å². The fourth-order valence-electron chi connectivity index (χ4n) is 2.01. The van der Waals surface area contributed by atoms with Gasteiger partial charge < -0.3 is 10.2 Å². The molecule has 1 aromatic carbocycles. The molecular formula is C12H14Cl2FN3O2. The van der Waals surface area contributed by atoms with Crippen molar-refractivity contribution in [2.75, 3.05) is 0 Å². The molecule has 0 aliphatic rings. The molecule has 1 heterocycles. The lowest BCUT2D eigenvalue weighted by Crippen LogP contribution is -2.20. The molecule has 0 spiro atoms. The second kappa shape index (κ2) is 6.39. The molecule has 2 aromatic rings. The van der Waals surface area contributed by atoms with E-state index in [4.69, 9.17) is 21.8 Å². The minimum Gasteiger partial charge on any atom is -0.391 e. The summed E-state index contributed by atoms with van der Waals surface area (Å²) >= 11 is 5.98. The van der Waals surface area contributed by atoms with Gasteiger partial charge in [-0.25, -0.2) is 14.3 Å². The minimum absolute atomic E-state index is 0. The maximum Gasteiger partial charge on any atom is 0.434 e. The first kappa shape index (κ1) is 16.7. The minimum atomic E-state index is -0.745. The summed E-state index contributed by atoms with van der Waals surface area (Å²) in [4.78, 5) is 10.9. The highest BCUT2D eigenvalue weighted by Crippen LogP contribution is 2.34. The number of benzene rings is 1. The van der Waals surface area contributed by atoms with Crippen molar-refractivity contribution in [3.8, 4) is 0 Å². The van der Waals surface area contributed by atoms with Crippen LogP contribution < -0.4 is 11.5 Å². The van der Waals surface area contributed by atoms with Crippen molar-refractivity contribution in [3.63, 3.8) is 0 Å². The number of aromatic amines is 1. The van der Waals surface area contributed by atoms with Crippen LogP contribution in [0.2, 0.25) is 5.02 Å². The molecule has 0 amide bonds. The number of nitrogens with two attached hydrogens (primary N) is 1. The third-order valence-electron chi connectivity index (χ3n) is 3.13. The highest BCUT2D eigenvalue weighted by molar-refractivity contribution is 6.31. The Hall–Kier alpha value is -1.37. The Kier molecular flexibility index (Phi) is 5.33. The Morgan fingerprint density at radius 3 is 2.70 bits per heavy atom. The van der Waals surface area contributed by atoms with Crippen LogP contribution in [0.3, 0.4) is 0 Å². The predicted molar refractivity (Wildman–Crippen MR) is 75.9 cm³/mol. The first-order valence-electron chi connectivity index (χ1n) is 5.67. The number of rotatable bonds is 3. The van der Waals surface area contributed by atoms with E-state index in [1.54, 1.807) is 13.8 Å². The molecule has 1 aromatic heterocycles. The number of aromatic nitrogens is 2. The largest absolute Gasteiger partial charge is 0.434 e. The zero-order valence-electron chi connectivity index (χ0n) is 10.8. The topological polar surface area (TPSA) is 84.9 Å². The highest BCUT2D eigenvalue weighted by atomic mass is 35.5. The van der Waals surface area contributed by atoms with Crippen LogP contribution >= 0.6 is 24.0 Å². The molecule has 2 rings (SSSR count). The van der Waals surface area contributed by atoms with E-state index >= 15 is 0 Å². The quantitative estimate of drug-likeness (QED) is 0.910. The normalized spacial score (nSPS) is 13.7. The van der Waals surface area contributed by atoms with E-state index in [9.17, 15) is 9.18 Å². The zero-order chi connectivity index (χ0) is 14.2. The van der Waals surface area contributed by atoms with Crippen LogP contribution in [-0.4, -0.2) is 10.2 Å². The average molecular weight is 322 g/mol. The number of nitrogens with zero attached hydrogens (tertiary/aromatic N) is 1. The maximum atomic E-state index is 13.9. The summed E-state index contributed by atoms with van der Waals surface area (Å²) in [5, 5.41) is 6.24. The monoisotopic (exact) mass is 321 g/mol. The Morgan fingerprint density at radius 2 is 2.15 bits per heavy atom. The van der Waals surface area contributed by atoms with E-state index < -0.39 is 23.5 Å². The van der Waals surface area contributed by atoms with E-state index in [0.29, 0.717) is 16.1 Å². The van der Waals surface area contributed by atoms with Gasteiger partial charge in [-0.3, -0.25) is 0 Å². The van der Waals surface area contributed by atoms with Gasteiger partial charge in [-0.15, -0.1) is 17.5 Å². The van der Waals surface area contributed by atoms with Gasteiger partial charge in [-0.1, -0.05) is 18.5 Å². The number of nitrogens with one attached hydrogen (secondary N) is 1. The van der Waals surface area contributed by atoms with Crippen molar-refractivity contribution in [2.45, 2.75) is 25.8 Å². The van der Waals surface area contributed by atoms with Gasteiger partial charge in [-0.05, 0) is 30.2 Å². The van der Waals surface area contributed by atoms with Crippen molar-refractivity contribution >= 4 is 24.0 Å². The van der Waals surface area contributed by atoms with Crippen molar-refractivity contribution < 1.29 is 8.81 Å². The Labute approximate surface area is 125 Å². The zero-order valence-corrected chi connectivity index (χ0v) is 12.4. The van der Waals surface area contributed by atoms with E-state index in [0.717, 1.165) is 0 Å². The molecule has 0 radical (unpaired) electrons. The first-order valence-corrected chi connectivity index (χ1v) is 6.05. The van der Waals surface area contributed by atoms with Gasteiger partial charge in [0, 0.05) is 10.9 Å². The molecule has 0 saturated carbocycles. The average Bonchev–Trinajstić information content (AvgIpc) is 2.80.